The number of likely N-dealkylation sites (N-methyl/N-ethyl adjacent to an activating group) is 1. The van der Waals surface area contributed by atoms with E-state index in [1.807, 2.05) is 11.9 Å². The zero-order valence-electron chi connectivity index (χ0n) is 10.4. The molecule has 2 aliphatic rings. The van der Waals surface area contributed by atoms with Crippen molar-refractivity contribution in [1.29, 1.82) is 0 Å². The number of amides is 1. The highest BCUT2D eigenvalue weighted by Gasteiger charge is 2.37. The number of fused-ring (bicyclic) bond motifs is 3. The van der Waals surface area contributed by atoms with E-state index in [4.69, 9.17) is 0 Å². The first-order chi connectivity index (χ1) is 8.16. The molecule has 90 valence electrons. The second-order valence-electron chi connectivity index (χ2n) is 5.16. The molecule has 0 radical (unpaired) electrons. The van der Waals surface area contributed by atoms with E-state index >= 15 is 0 Å². The van der Waals surface area contributed by atoms with Gasteiger partial charge in [-0.1, -0.05) is 17.7 Å². The quantitative estimate of drug-likeness (QED) is 0.675. The fourth-order valence-electron chi connectivity index (χ4n) is 2.98. The van der Waals surface area contributed by atoms with Crippen LogP contribution in [0.5, 0.6) is 0 Å². The predicted molar refractivity (Wildman–Crippen MR) is 68.3 cm³/mol. The van der Waals surface area contributed by atoms with Gasteiger partial charge in [-0.2, -0.15) is 0 Å². The number of carbonyl (C=O) groups excluding carboxylic acids is 1. The summed E-state index contributed by atoms with van der Waals surface area (Å²) in [6.45, 7) is 3.99. The summed E-state index contributed by atoms with van der Waals surface area (Å²) >= 11 is 0. The van der Waals surface area contributed by atoms with Crippen molar-refractivity contribution < 1.29 is 4.79 Å². The van der Waals surface area contributed by atoms with E-state index in [2.05, 4.69) is 30.0 Å². The Morgan fingerprint density at radius 1 is 1.29 bits per heavy atom. The summed E-state index contributed by atoms with van der Waals surface area (Å²) in [7, 11) is 1.92. The normalized spacial score (nSPS) is 23.4. The molecule has 17 heavy (non-hydrogen) atoms. The van der Waals surface area contributed by atoms with Crippen LogP contribution in [0.4, 0.5) is 5.69 Å². The zero-order chi connectivity index (χ0) is 12.0. The molecule has 0 aliphatic carbocycles. The molecule has 0 saturated carbocycles. The van der Waals surface area contributed by atoms with Crippen molar-refractivity contribution in [2.45, 2.75) is 25.8 Å². The third kappa shape index (κ3) is 1.61. The minimum Gasteiger partial charge on any atom is -0.359 e. The Kier molecular flexibility index (Phi) is 2.35. The van der Waals surface area contributed by atoms with E-state index in [-0.39, 0.29) is 11.9 Å². The lowest BCUT2D eigenvalue weighted by atomic mass is 10.1. The van der Waals surface area contributed by atoms with Gasteiger partial charge < -0.3 is 9.80 Å². The summed E-state index contributed by atoms with van der Waals surface area (Å²) < 4.78 is 0. The van der Waals surface area contributed by atoms with E-state index in [9.17, 15) is 4.79 Å². The van der Waals surface area contributed by atoms with Crippen LogP contribution in [0.2, 0.25) is 0 Å². The van der Waals surface area contributed by atoms with Gasteiger partial charge in [-0.15, -0.1) is 0 Å². The molecular formula is C14H18N2O. The summed E-state index contributed by atoms with van der Waals surface area (Å²) in [5.74, 6) is 0.274. The standard InChI is InChI=1S/C14H18N2O/c1-10-4-5-12-11(8-10)9-13-14(17)15(2)6-3-7-16(12)13/h4-5,8,13H,3,6-7,9H2,1-2H3. The highest BCUT2D eigenvalue weighted by atomic mass is 16.2. The van der Waals surface area contributed by atoms with Crippen LogP contribution in [0.25, 0.3) is 0 Å². The molecule has 1 atom stereocenters. The van der Waals surface area contributed by atoms with Crippen molar-refractivity contribution >= 4 is 11.6 Å². The average molecular weight is 230 g/mol. The first-order valence-electron chi connectivity index (χ1n) is 6.28. The molecule has 1 amide bonds. The minimum atomic E-state index is 0.0410. The van der Waals surface area contributed by atoms with Gasteiger partial charge in [0.2, 0.25) is 5.91 Å². The number of nitrogens with zero attached hydrogens (tertiary/aromatic N) is 2. The van der Waals surface area contributed by atoms with Gasteiger partial charge in [0, 0.05) is 32.2 Å². The first-order valence-corrected chi connectivity index (χ1v) is 6.28. The molecule has 1 aromatic carbocycles. The highest BCUT2D eigenvalue weighted by Crippen LogP contribution is 2.34. The minimum absolute atomic E-state index is 0.0410. The molecule has 1 saturated heterocycles. The fourth-order valence-corrected chi connectivity index (χ4v) is 2.98. The van der Waals surface area contributed by atoms with Gasteiger partial charge in [-0.05, 0) is 25.0 Å². The Morgan fingerprint density at radius 3 is 2.94 bits per heavy atom. The molecule has 2 aliphatic heterocycles. The maximum absolute atomic E-state index is 12.3. The topological polar surface area (TPSA) is 23.6 Å². The number of hydrogen-bond acceptors (Lipinski definition) is 2. The molecule has 0 bridgehead atoms. The van der Waals surface area contributed by atoms with Crippen molar-refractivity contribution in [1.82, 2.24) is 4.90 Å². The van der Waals surface area contributed by atoms with E-state index in [0.717, 1.165) is 25.9 Å². The van der Waals surface area contributed by atoms with E-state index < -0.39 is 0 Å². The molecule has 1 fully saturated rings. The Labute approximate surface area is 102 Å². The Morgan fingerprint density at radius 2 is 2.12 bits per heavy atom. The van der Waals surface area contributed by atoms with E-state index in [1.54, 1.807) is 0 Å². The van der Waals surface area contributed by atoms with E-state index in [1.165, 1.54) is 16.8 Å². The Bertz CT molecular complexity index is 469. The summed E-state index contributed by atoms with van der Waals surface area (Å²) in [4.78, 5) is 16.4. The second-order valence-corrected chi connectivity index (χ2v) is 5.16. The van der Waals surface area contributed by atoms with E-state index in [0.29, 0.717) is 0 Å². The maximum atomic E-state index is 12.3. The van der Waals surface area contributed by atoms with Gasteiger partial charge in [0.15, 0.2) is 0 Å². The maximum Gasteiger partial charge on any atom is 0.245 e. The number of rotatable bonds is 0. The van der Waals surface area contributed by atoms with Crippen molar-refractivity contribution in [2.24, 2.45) is 0 Å². The molecule has 2 heterocycles. The van der Waals surface area contributed by atoms with Crippen molar-refractivity contribution in [3.63, 3.8) is 0 Å². The molecular weight excluding hydrogens is 212 g/mol. The lowest BCUT2D eigenvalue weighted by molar-refractivity contribution is -0.130. The number of hydrogen-bond donors (Lipinski definition) is 0. The molecule has 0 N–H and O–H groups in total. The van der Waals surface area contributed by atoms with Crippen LogP contribution < -0.4 is 4.90 Å². The molecule has 3 rings (SSSR count). The number of anilines is 1. The van der Waals surface area contributed by atoms with Crippen LogP contribution in [0, 0.1) is 6.92 Å². The van der Waals surface area contributed by atoms with Crippen molar-refractivity contribution in [2.75, 3.05) is 25.0 Å². The number of aryl methyl sites for hydroxylation is 1. The number of benzene rings is 1. The van der Waals surface area contributed by atoms with Crippen LogP contribution in [-0.2, 0) is 11.2 Å². The van der Waals surface area contributed by atoms with Gasteiger partial charge in [-0.3, -0.25) is 4.79 Å². The monoisotopic (exact) mass is 230 g/mol. The van der Waals surface area contributed by atoms with Crippen molar-refractivity contribution in [3.05, 3.63) is 29.3 Å². The summed E-state index contributed by atoms with van der Waals surface area (Å²) in [6, 6.07) is 6.57. The smallest absolute Gasteiger partial charge is 0.245 e. The largest absolute Gasteiger partial charge is 0.359 e. The first kappa shape index (κ1) is 10.6. The third-order valence-corrected chi connectivity index (χ3v) is 3.89. The fraction of sp³-hybridized carbons (Fsp3) is 0.500. The highest BCUT2D eigenvalue weighted by molar-refractivity contribution is 5.88. The van der Waals surface area contributed by atoms with Crippen LogP contribution >= 0.6 is 0 Å². The SMILES string of the molecule is Cc1ccc2c(c1)CC1C(=O)N(C)CCCN21. The summed E-state index contributed by atoms with van der Waals surface area (Å²) in [5, 5.41) is 0. The predicted octanol–water partition coefficient (Wildman–Crippen LogP) is 1.59. The molecule has 1 unspecified atom stereocenters. The Balaban J connectivity index is 2.00. The summed E-state index contributed by atoms with van der Waals surface area (Å²) in [6.07, 6.45) is 1.94. The lowest BCUT2D eigenvalue weighted by Gasteiger charge is -2.24. The molecule has 3 heteroatoms. The van der Waals surface area contributed by atoms with Gasteiger partial charge in [0.05, 0.1) is 0 Å². The lowest BCUT2D eigenvalue weighted by Crippen LogP contribution is -2.42. The second kappa shape index (κ2) is 3.76. The molecule has 3 nitrogen and oxygen atoms in total. The zero-order valence-corrected chi connectivity index (χ0v) is 10.4. The summed E-state index contributed by atoms with van der Waals surface area (Å²) in [5.41, 5.74) is 3.88. The van der Waals surface area contributed by atoms with Crippen molar-refractivity contribution in [3.8, 4) is 0 Å². The van der Waals surface area contributed by atoms with Crippen LogP contribution in [0.15, 0.2) is 18.2 Å². The number of carbonyl (C=O) groups is 1. The van der Waals surface area contributed by atoms with Gasteiger partial charge >= 0.3 is 0 Å². The average Bonchev–Trinajstić information content (AvgIpc) is 2.59. The Hall–Kier alpha value is -1.51. The van der Waals surface area contributed by atoms with Gasteiger partial charge in [0.25, 0.3) is 0 Å². The molecule has 0 aromatic heterocycles. The molecule has 0 spiro atoms. The van der Waals surface area contributed by atoms with Gasteiger partial charge in [0.1, 0.15) is 6.04 Å². The van der Waals surface area contributed by atoms with Crippen LogP contribution in [0.1, 0.15) is 17.5 Å². The third-order valence-electron chi connectivity index (χ3n) is 3.89. The van der Waals surface area contributed by atoms with Crippen LogP contribution in [-0.4, -0.2) is 37.0 Å². The van der Waals surface area contributed by atoms with Crippen LogP contribution in [0.3, 0.4) is 0 Å². The van der Waals surface area contributed by atoms with Gasteiger partial charge in [-0.25, -0.2) is 0 Å². The molecule has 1 aromatic rings.